The number of aromatic nitrogens is 1. The normalized spacial score (nSPS) is 9.95. The third kappa shape index (κ3) is 5.05. The van der Waals surface area contributed by atoms with Crippen LogP contribution in [0.25, 0.3) is 0 Å². The smallest absolute Gasteiger partial charge is 0.179 e. The highest BCUT2D eigenvalue weighted by molar-refractivity contribution is 6.32. The molecule has 0 saturated carbocycles. The molecule has 2 rings (SSSR count). The third-order valence-corrected chi connectivity index (χ3v) is 3.24. The van der Waals surface area contributed by atoms with Crippen molar-refractivity contribution in [1.82, 2.24) is 10.3 Å². The van der Waals surface area contributed by atoms with E-state index in [2.05, 4.69) is 10.3 Å². The summed E-state index contributed by atoms with van der Waals surface area (Å²) in [5.74, 6) is 1.25. The predicted molar refractivity (Wildman–Crippen MR) is 91.2 cm³/mol. The average Bonchev–Trinajstić information content (AvgIpc) is 2.51. The van der Waals surface area contributed by atoms with E-state index in [0.29, 0.717) is 29.7 Å². The fourth-order valence-electron chi connectivity index (χ4n) is 2.01. The van der Waals surface area contributed by atoms with Crippen molar-refractivity contribution < 1.29 is 9.47 Å². The van der Waals surface area contributed by atoms with Crippen LogP contribution in [0.2, 0.25) is 5.02 Å². The fourth-order valence-corrected chi connectivity index (χ4v) is 2.30. The molecular weight excluding hydrogens is 323 g/mol. The van der Waals surface area contributed by atoms with E-state index in [0.717, 1.165) is 17.7 Å². The van der Waals surface area contributed by atoms with Gasteiger partial charge < -0.3 is 14.8 Å². The number of ether oxygens (including phenoxy) is 2. The van der Waals surface area contributed by atoms with Crippen LogP contribution < -0.4 is 14.8 Å². The van der Waals surface area contributed by atoms with E-state index in [1.54, 1.807) is 13.3 Å². The van der Waals surface area contributed by atoms with Crippen molar-refractivity contribution >= 4 is 24.0 Å². The lowest BCUT2D eigenvalue weighted by Gasteiger charge is -2.13. The molecule has 1 N–H and O–H groups in total. The molecular formula is C16H20Cl2N2O2. The summed E-state index contributed by atoms with van der Waals surface area (Å²) in [6.45, 7) is 3.91. The van der Waals surface area contributed by atoms with E-state index in [4.69, 9.17) is 21.1 Å². The van der Waals surface area contributed by atoms with Gasteiger partial charge in [-0.3, -0.25) is 4.98 Å². The zero-order valence-electron chi connectivity index (χ0n) is 12.6. The van der Waals surface area contributed by atoms with E-state index in [-0.39, 0.29) is 12.4 Å². The number of hydrogen-bond acceptors (Lipinski definition) is 4. The summed E-state index contributed by atoms with van der Waals surface area (Å²) >= 11 is 6.25. The predicted octanol–water partition coefficient (Wildman–Crippen LogP) is 3.85. The Hall–Kier alpha value is -1.49. The lowest BCUT2D eigenvalue weighted by Crippen LogP contribution is -2.13. The van der Waals surface area contributed by atoms with E-state index >= 15 is 0 Å². The minimum Gasteiger partial charge on any atom is -0.493 e. The molecule has 2 aromatic rings. The second kappa shape index (κ2) is 9.51. The van der Waals surface area contributed by atoms with E-state index in [1.807, 2.05) is 37.4 Å². The highest BCUT2D eigenvalue weighted by Gasteiger charge is 2.11. The van der Waals surface area contributed by atoms with Crippen molar-refractivity contribution in [3.05, 3.63) is 52.8 Å². The fraction of sp³-hybridized carbons (Fsp3) is 0.312. The van der Waals surface area contributed by atoms with Gasteiger partial charge in [-0.2, -0.15) is 0 Å². The van der Waals surface area contributed by atoms with Gasteiger partial charge in [-0.25, -0.2) is 0 Å². The third-order valence-electron chi connectivity index (χ3n) is 2.96. The second-order valence-corrected chi connectivity index (χ2v) is 4.91. The number of methoxy groups -OCH3 is 1. The molecule has 6 heteroatoms. The van der Waals surface area contributed by atoms with E-state index in [9.17, 15) is 0 Å². The summed E-state index contributed by atoms with van der Waals surface area (Å²) in [5.41, 5.74) is 2.19. The van der Waals surface area contributed by atoms with E-state index < -0.39 is 0 Å². The summed E-state index contributed by atoms with van der Waals surface area (Å²) in [6.07, 6.45) is 3.61. The van der Waals surface area contributed by atoms with Crippen molar-refractivity contribution in [2.24, 2.45) is 0 Å². The van der Waals surface area contributed by atoms with Crippen molar-refractivity contribution in [3.8, 4) is 11.5 Å². The Morgan fingerprint density at radius 3 is 2.64 bits per heavy atom. The number of rotatable bonds is 7. The summed E-state index contributed by atoms with van der Waals surface area (Å²) in [5, 5.41) is 3.92. The zero-order valence-corrected chi connectivity index (χ0v) is 14.2. The van der Waals surface area contributed by atoms with Crippen LogP contribution in [0.15, 0.2) is 36.7 Å². The van der Waals surface area contributed by atoms with Gasteiger partial charge in [0, 0.05) is 25.5 Å². The Bertz CT molecular complexity index is 580. The van der Waals surface area contributed by atoms with Crippen molar-refractivity contribution in [2.45, 2.75) is 20.0 Å². The maximum Gasteiger partial charge on any atom is 0.179 e. The van der Waals surface area contributed by atoms with Crippen molar-refractivity contribution in [1.29, 1.82) is 0 Å². The van der Waals surface area contributed by atoms with Gasteiger partial charge in [0.15, 0.2) is 11.5 Å². The Labute approximate surface area is 142 Å². The SMILES string of the molecule is CCOc1c(Cl)cc(CNCc2cccnc2)cc1OC.Cl. The van der Waals surface area contributed by atoms with Gasteiger partial charge in [0.2, 0.25) is 0 Å². The van der Waals surface area contributed by atoms with Gasteiger partial charge in [-0.1, -0.05) is 17.7 Å². The summed E-state index contributed by atoms with van der Waals surface area (Å²) in [7, 11) is 1.61. The van der Waals surface area contributed by atoms with Crippen molar-refractivity contribution in [3.63, 3.8) is 0 Å². The minimum atomic E-state index is 0. The molecule has 0 unspecified atom stereocenters. The summed E-state index contributed by atoms with van der Waals surface area (Å²) < 4.78 is 10.8. The zero-order chi connectivity index (χ0) is 15.1. The van der Waals surface area contributed by atoms with Crippen LogP contribution in [0.4, 0.5) is 0 Å². The summed E-state index contributed by atoms with van der Waals surface area (Å²) in [6, 6.07) is 7.79. The molecule has 0 atom stereocenters. The van der Waals surface area contributed by atoms with Gasteiger partial charge in [-0.05, 0) is 36.2 Å². The highest BCUT2D eigenvalue weighted by atomic mass is 35.5. The minimum absolute atomic E-state index is 0. The second-order valence-electron chi connectivity index (χ2n) is 4.51. The van der Waals surface area contributed by atoms with Crippen LogP contribution >= 0.6 is 24.0 Å². The Morgan fingerprint density at radius 1 is 1.23 bits per heavy atom. The number of halogens is 2. The molecule has 0 aliphatic heterocycles. The molecule has 22 heavy (non-hydrogen) atoms. The van der Waals surface area contributed by atoms with Crippen LogP contribution in [0.3, 0.4) is 0 Å². The largest absolute Gasteiger partial charge is 0.493 e. The molecule has 0 radical (unpaired) electrons. The Balaban J connectivity index is 0.00000242. The monoisotopic (exact) mass is 342 g/mol. The molecule has 0 bridgehead atoms. The summed E-state index contributed by atoms with van der Waals surface area (Å²) in [4.78, 5) is 4.09. The van der Waals surface area contributed by atoms with Gasteiger partial charge in [0.05, 0.1) is 18.7 Å². The molecule has 0 aliphatic carbocycles. The Morgan fingerprint density at radius 2 is 2.00 bits per heavy atom. The van der Waals surface area contributed by atoms with Crippen LogP contribution in [0.1, 0.15) is 18.1 Å². The van der Waals surface area contributed by atoms with Crippen LogP contribution in [-0.4, -0.2) is 18.7 Å². The molecule has 0 spiro atoms. The molecule has 0 aliphatic rings. The number of pyridine rings is 1. The standard InChI is InChI=1S/C16H19ClN2O2.ClH/c1-3-21-16-14(17)7-13(8-15(16)20-2)11-19-10-12-5-4-6-18-9-12;/h4-9,19H,3,10-11H2,1-2H3;1H. The molecule has 0 saturated heterocycles. The Kier molecular flexibility index (Phi) is 8.02. The molecule has 0 amide bonds. The van der Waals surface area contributed by atoms with Gasteiger partial charge in [-0.15, -0.1) is 12.4 Å². The van der Waals surface area contributed by atoms with Gasteiger partial charge in [0.25, 0.3) is 0 Å². The molecule has 4 nitrogen and oxygen atoms in total. The number of benzene rings is 1. The topological polar surface area (TPSA) is 43.4 Å². The molecule has 0 fully saturated rings. The first-order valence-electron chi connectivity index (χ1n) is 6.83. The van der Waals surface area contributed by atoms with Crippen LogP contribution in [0, 0.1) is 0 Å². The number of hydrogen-bond donors (Lipinski definition) is 1. The lowest BCUT2D eigenvalue weighted by molar-refractivity contribution is 0.311. The molecule has 1 aromatic heterocycles. The highest BCUT2D eigenvalue weighted by Crippen LogP contribution is 2.36. The van der Waals surface area contributed by atoms with Crippen LogP contribution in [-0.2, 0) is 13.1 Å². The quantitative estimate of drug-likeness (QED) is 0.829. The molecule has 1 heterocycles. The lowest BCUT2D eigenvalue weighted by atomic mass is 10.2. The maximum absolute atomic E-state index is 6.25. The van der Waals surface area contributed by atoms with Crippen molar-refractivity contribution in [2.75, 3.05) is 13.7 Å². The first-order chi connectivity index (χ1) is 10.2. The number of nitrogens with one attached hydrogen (secondary N) is 1. The first kappa shape index (κ1) is 18.6. The molecule has 120 valence electrons. The van der Waals surface area contributed by atoms with Gasteiger partial charge in [0.1, 0.15) is 0 Å². The number of nitrogens with zero attached hydrogens (tertiary/aromatic N) is 1. The molecule has 1 aromatic carbocycles. The van der Waals surface area contributed by atoms with Crippen LogP contribution in [0.5, 0.6) is 11.5 Å². The average molecular weight is 343 g/mol. The first-order valence-corrected chi connectivity index (χ1v) is 7.21. The van der Waals surface area contributed by atoms with E-state index in [1.165, 1.54) is 0 Å². The van der Waals surface area contributed by atoms with Gasteiger partial charge >= 0.3 is 0 Å². The maximum atomic E-state index is 6.25.